The minimum absolute atomic E-state index is 0.116. The van der Waals surface area contributed by atoms with Gasteiger partial charge in [-0.3, -0.25) is 4.90 Å². The topological polar surface area (TPSA) is 69.8 Å². The van der Waals surface area contributed by atoms with Gasteiger partial charge in [0.2, 0.25) is 0 Å². The van der Waals surface area contributed by atoms with Crippen molar-refractivity contribution < 1.29 is 5.11 Å². The molecule has 7 nitrogen and oxygen atoms in total. The highest BCUT2D eigenvalue weighted by molar-refractivity contribution is 5.46. The molecule has 25 heavy (non-hydrogen) atoms. The third kappa shape index (κ3) is 2.69. The van der Waals surface area contributed by atoms with Crippen molar-refractivity contribution in [1.29, 1.82) is 0 Å². The molecule has 2 aliphatic heterocycles. The Hall–Kier alpha value is -1.73. The van der Waals surface area contributed by atoms with Gasteiger partial charge in [-0.25, -0.2) is 0 Å². The molecule has 3 fully saturated rings. The van der Waals surface area contributed by atoms with Crippen LogP contribution in [-0.4, -0.2) is 68.1 Å². The van der Waals surface area contributed by atoms with E-state index in [4.69, 9.17) is 5.10 Å². The van der Waals surface area contributed by atoms with E-state index in [-0.39, 0.29) is 6.10 Å². The number of piperidine rings is 1. The third-order valence-electron chi connectivity index (χ3n) is 6.27. The summed E-state index contributed by atoms with van der Waals surface area (Å²) in [5.74, 6) is 2.45. The molecule has 2 aromatic rings. The number of aliphatic hydroxyl groups excluding tert-OH is 1. The van der Waals surface area contributed by atoms with Crippen LogP contribution in [0.15, 0.2) is 12.1 Å². The number of likely N-dealkylation sites (tertiary alicyclic amines) is 1. The molecule has 134 valence electrons. The first-order valence-corrected chi connectivity index (χ1v) is 9.69. The van der Waals surface area contributed by atoms with E-state index in [1.165, 1.54) is 12.8 Å². The smallest absolute Gasteiger partial charge is 0.178 e. The molecule has 0 bridgehead atoms. The fraction of sp³-hybridized carbons (Fsp3) is 0.722. The van der Waals surface area contributed by atoms with Crippen molar-refractivity contribution in [2.75, 3.05) is 31.1 Å². The first-order valence-electron chi connectivity index (χ1n) is 9.69. The average molecular weight is 342 g/mol. The van der Waals surface area contributed by atoms with Crippen LogP contribution in [0, 0.1) is 0 Å². The Morgan fingerprint density at radius 2 is 1.72 bits per heavy atom. The molecule has 0 radical (unpaired) electrons. The van der Waals surface area contributed by atoms with E-state index in [1.807, 2.05) is 10.6 Å². The summed E-state index contributed by atoms with van der Waals surface area (Å²) in [6.07, 6.45) is 6.62. The van der Waals surface area contributed by atoms with Gasteiger partial charge in [-0.15, -0.1) is 15.3 Å². The number of aromatic nitrogens is 4. The molecule has 0 aromatic carbocycles. The second-order valence-corrected chi connectivity index (χ2v) is 7.74. The number of aliphatic hydroxyl groups is 1. The van der Waals surface area contributed by atoms with Gasteiger partial charge >= 0.3 is 0 Å². The Balaban J connectivity index is 1.35. The van der Waals surface area contributed by atoms with Gasteiger partial charge in [0.15, 0.2) is 11.5 Å². The molecule has 0 spiro atoms. The van der Waals surface area contributed by atoms with Crippen molar-refractivity contribution in [3.05, 3.63) is 18.0 Å². The Bertz CT molecular complexity index is 747. The van der Waals surface area contributed by atoms with Crippen LogP contribution in [0.4, 0.5) is 5.82 Å². The average Bonchev–Trinajstić information content (AvgIpc) is 3.30. The van der Waals surface area contributed by atoms with E-state index in [1.54, 1.807) is 0 Å². The molecule has 1 N–H and O–H groups in total. The minimum atomic E-state index is -0.116. The molecule has 2 aromatic heterocycles. The third-order valence-corrected chi connectivity index (χ3v) is 6.27. The van der Waals surface area contributed by atoms with Gasteiger partial charge in [-0.05, 0) is 63.7 Å². The highest BCUT2D eigenvalue weighted by Gasteiger charge is 2.36. The number of anilines is 1. The van der Waals surface area contributed by atoms with Gasteiger partial charge in [0.25, 0.3) is 0 Å². The van der Waals surface area contributed by atoms with Crippen molar-refractivity contribution in [2.24, 2.45) is 0 Å². The van der Waals surface area contributed by atoms with Gasteiger partial charge in [0.05, 0.1) is 6.10 Å². The van der Waals surface area contributed by atoms with Crippen molar-refractivity contribution in [1.82, 2.24) is 24.7 Å². The van der Waals surface area contributed by atoms with Crippen LogP contribution in [0.25, 0.3) is 5.65 Å². The molecule has 3 aliphatic rings. The summed E-state index contributed by atoms with van der Waals surface area (Å²) in [5, 5.41) is 23.6. The van der Waals surface area contributed by atoms with E-state index < -0.39 is 0 Å². The molecule has 2 unspecified atom stereocenters. The molecule has 2 atom stereocenters. The number of fused-ring (bicyclic) bond motifs is 1. The maximum atomic E-state index is 9.90. The van der Waals surface area contributed by atoms with Gasteiger partial charge in [-0.1, -0.05) is 0 Å². The van der Waals surface area contributed by atoms with E-state index in [2.05, 4.69) is 26.1 Å². The molecule has 1 saturated carbocycles. The number of hydrogen-bond donors (Lipinski definition) is 1. The molecule has 5 rings (SSSR count). The minimum Gasteiger partial charge on any atom is -0.391 e. The molecule has 2 saturated heterocycles. The summed E-state index contributed by atoms with van der Waals surface area (Å²) in [7, 11) is 0. The normalized spacial score (nSPS) is 28.6. The standard InChI is InChI=1S/C18H26N6O/c25-15-4-3-14(15)22-11-7-13(8-12-22)18-20-19-16-5-6-17(21-24(16)18)23-9-1-2-10-23/h5-6,13-15,25H,1-4,7-12H2. The quantitative estimate of drug-likeness (QED) is 0.910. The Morgan fingerprint density at radius 1 is 0.920 bits per heavy atom. The lowest BCUT2D eigenvalue weighted by atomic mass is 9.85. The molecule has 4 heterocycles. The second kappa shape index (κ2) is 6.21. The van der Waals surface area contributed by atoms with Crippen LogP contribution in [0.2, 0.25) is 0 Å². The fourth-order valence-corrected chi connectivity index (χ4v) is 4.55. The summed E-state index contributed by atoms with van der Waals surface area (Å²) in [4.78, 5) is 4.81. The number of rotatable bonds is 3. The van der Waals surface area contributed by atoms with Gasteiger partial charge < -0.3 is 10.0 Å². The van der Waals surface area contributed by atoms with Gasteiger partial charge in [0.1, 0.15) is 5.82 Å². The Morgan fingerprint density at radius 3 is 2.40 bits per heavy atom. The summed E-state index contributed by atoms with van der Waals surface area (Å²) in [6, 6.07) is 4.49. The maximum Gasteiger partial charge on any atom is 0.178 e. The summed E-state index contributed by atoms with van der Waals surface area (Å²) < 4.78 is 1.96. The number of nitrogens with zero attached hydrogens (tertiary/aromatic N) is 6. The lowest BCUT2D eigenvalue weighted by Crippen LogP contribution is -2.52. The van der Waals surface area contributed by atoms with Crippen molar-refractivity contribution in [3.8, 4) is 0 Å². The molecular formula is C18H26N6O. The van der Waals surface area contributed by atoms with Crippen LogP contribution in [0.3, 0.4) is 0 Å². The zero-order chi connectivity index (χ0) is 16.8. The number of hydrogen-bond acceptors (Lipinski definition) is 6. The van der Waals surface area contributed by atoms with Gasteiger partial charge in [-0.2, -0.15) is 4.52 Å². The largest absolute Gasteiger partial charge is 0.391 e. The first kappa shape index (κ1) is 15.5. The van der Waals surface area contributed by atoms with E-state index in [9.17, 15) is 5.11 Å². The monoisotopic (exact) mass is 342 g/mol. The predicted molar refractivity (Wildman–Crippen MR) is 94.8 cm³/mol. The van der Waals surface area contributed by atoms with E-state index >= 15 is 0 Å². The molecule has 7 heteroatoms. The fourth-order valence-electron chi connectivity index (χ4n) is 4.55. The SMILES string of the molecule is OC1CCC1N1CCC(c2nnc3ccc(N4CCCC4)nn23)CC1. The summed E-state index contributed by atoms with van der Waals surface area (Å²) in [5.41, 5.74) is 0.842. The van der Waals surface area contributed by atoms with Crippen LogP contribution in [0.5, 0.6) is 0 Å². The lowest BCUT2D eigenvalue weighted by Gasteiger charge is -2.44. The van der Waals surface area contributed by atoms with Crippen molar-refractivity contribution in [3.63, 3.8) is 0 Å². The Kier molecular flexibility index (Phi) is 3.86. The summed E-state index contributed by atoms with van der Waals surface area (Å²) >= 11 is 0. The van der Waals surface area contributed by atoms with E-state index in [0.717, 1.165) is 69.2 Å². The Labute approximate surface area is 147 Å². The van der Waals surface area contributed by atoms with E-state index in [0.29, 0.717) is 12.0 Å². The predicted octanol–water partition coefficient (Wildman–Crippen LogP) is 1.43. The van der Waals surface area contributed by atoms with Crippen LogP contribution < -0.4 is 4.90 Å². The molecule has 1 aliphatic carbocycles. The van der Waals surface area contributed by atoms with Crippen molar-refractivity contribution >= 4 is 11.5 Å². The van der Waals surface area contributed by atoms with Crippen LogP contribution in [-0.2, 0) is 0 Å². The zero-order valence-corrected chi connectivity index (χ0v) is 14.6. The maximum absolute atomic E-state index is 9.90. The highest BCUT2D eigenvalue weighted by Crippen LogP contribution is 2.33. The molecule has 0 amide bonds. The first-order chi connectivity index (χ1) is 12.3. The lowest BCUT2D eigenvalue weighted by molar-refractivity contribution is -0.0304. The zero-order valence-electron chi connectivity index (χ0n) is 14.6. The van der Waals surface area contributed by atoms with Crippen molar-refractivity contribution in [2.45, 2.75) is 56.6 Å². The highest BCUT2D eigenvalue weighted by atomic mass is 16.3. The van der Waals surface area contributed by atoms with Crippen LogP contribution >= 0.6 is 0 Å². The van der Waals surface area contributed by atoms with Crippen LogP contribution in [0.1, 0.15) is 50.3 Å². The molecular weight excluding hydrogens is 316 g/mol. The summed E-state index contributed by atoms with van der Waals surface area (Å²) in [6.45, 7) is 4.26. The second-order valence-electron chi connectivity index (χ2n) is 7.74. The van der Waals surface area contributed by atoms with Gasteiger partial charge in [0, 0.05) is 25.0 Å².